The van der Waals surface area contributed by atoms with E-state index in [1.165, 1.54) is 0 Å². The molecule has 7 nitrogen and oxygen atoms in total. The number of amides is 1. The second-order valence-corrected chi connectivity index (χ2v) is 6.56. The molecule has 3 rings (SSSR count). The maximum Gasteiger partial charge on any atom is 0.227 e. The van der Waals surface area contributed by atoms with Crippen LogP contribution >= 0.6 is 0 Å². The van der Waals surface area contributed by atoms with E-state index in [4.69, 9.17) is 15.2 Å². The van der Waals surface area contributed by atoms with Gasteiger partial charge in [-0.1, -0.05) is 18.2 Å². The lowest BCUT2D eigenvalue weighted by Crippen LogP contribution is -2.31. The molecule has 148 valence electrons. The van der Waals surface area contributed by atoms with Crippen molar-refractivity contribution in [1.82, 2.24) is 5.32 Å². The van der Waals surface area contributed by atoms with Crippen LogP contribution in [0.15, 0.2) is 47.5 Å². The summed E-state index contributed by atoms with van der Waals surface area (Å²) in [4.78, 5) is 18.0. The first-order chi connectivity index (χ1) is 13.6. The zero-order valence-electron chi connectivity index (χ0n) is 16.3. The van der Waals surface area contributed by atoms with Crippen molar-refractivity contribution in [1.29, 1.82) is 0 Å². The molecule has 0 saturated carbocycles. The van der Waals surface area contributed by atoms with Crippen molar-refractivity contribution in [2.24, 2.45) is 10.7 Å². The van der Waals surface area contributed by atoms with Gasteiger partial charge in [-0.2, -0.15) is 0 Å². The summed E-state index contributed by atoms with van der Waals surface area (Å²) in [5, 5.41) is 3.11. The van der Waals surface area contributed by atoms with Gasteiger partial charge in [0.25, 0.3) is 0 Å². The minimum absolute atomic E-state index is 0.192. The normalized spacial score (nSPS) is 14.3. The number of carbonyl (C=O) groups excluding carboxylic acids is 1. The van der Waals surface area contributed by atoms with E-state index >= 15 is 0 Å². The highest BCUT2D eigenvalue weighted by Gasteiger charge is 2.21. The fraction of sp³-hybridized carbons (Fsp3) is 0.333. The van der Waals surface area contributed by atoms with E-state index in [0.717, 1.165) is 29.8 Å². The van der Waals surface area contributed by atoms with Crippen LogP contribution in [0.3, 0.4) is 0 Å². The standard InChI is InChI=1S/C21H26N4O3/c1-27-18-10-7-16(12-19(18)28-2)14-24-21(22)23-13-15-5-8-17(9-6-15)25-11-3-4-20(25)26/h5-10,12H,3-4,11,13-14H2,1-2H3,(H3,22,23,24). The van der Waals surface area contributed by atoms with Crippen molar-refractivity contribution in [3.8, 4) is 11.5 Å². The van der Waals surface area contributed by atoms with E-state index < -0.39 is 0 Å². The highest BCUT2D eigenvalue weighted by molar-refractivity contribution is 5.95. The number of nitrogens with two attached hydrogens (primary N) is 1. The molecule has 28 heavy (non-hydrogen) atoms. The van der Waals surface area contributed by atoms with Crippen molar-refractivity contribution < 1.29 is 14.3 Å². The number of hydrogen-bond donors (Lipinski definition) is 2. The van der Waals surface area contributed by atoms with Crippen LogP contribution in [0.2, 0.25) is 0 Å². The Morgan fingerprint density at radius 2 is 1.82 bits per heavy atom. The molecule has 1 amide bonds. The number of guanidine groups is 1. The van der Waals surface area contributed by atoms with Crippen LogP contribution in [-0.4, -0.2) is 32.6 Å². The molecule has 0 aliphatic carbocycles. The average molecular weight is 382 g/mol. The molecule has 0 bridgehead atoms. The van der Waals surface area contributed by atoms with Gasteiger partial charge in [-0.15, -0.1) is 0 Å². The Bertz CT molecular complexity index is 849. The SMILES string of the molecule is COc1ccc(CN=C(N)NCc2ccc(N3CCCC3=O)cc2)cc1OC. The molecular weight excluding hydrogens is 356 g/mol. The smallest absolute Gasteiger partial charge is 0.227 e. The summed E-state index contributed by atoms with van der Waals surface area (Å²) < 4.78 is 10.5. The molecular formula is C21H26N4O3. The van der Waals surface area contributed by atoms with Gasteiger partial charge < -0.3 is 25.4 Å². The van der Waals surface area contributed by atoms with Gasteiger partial charge >= 0.3 is 0 Å². The zero-order chi connectivity index (χ0) is 19.9. The second-order valence-electron chi connectivity index (χ2n) is 6.56. The second kappa shape index (κ2) is 9.12. The fourth-order valence-electron chi connectivity index (χ4n) is 3.12. The summed E-state index contributed by atoms with van der Waals surface area (Å²) in [7, 11) is 3.21. The number of aliphatic imine (C=N–C) groups is 1. The Balaban J connectivity index is 1.53. The third-order valence-corrected chi connectivity index (χ3v) is 4.67. The minimum atomic E-state index is 0.192. The first kappa shape index (κ1) is 19.5. The third kappa shape index (κ3) is 4.73. The lowest BCUT2D eigenvalue weighted by Gasteiger charge is -2.16. The molecule has 3 N–H and O–H groups in total. The number of anilines is 1. The summed E-state index contributed by atoms with van der Waals surface area (Å²) in [5.74, 6) is 1.91. The van der Waals surface area contributed by atoms with Crippen LogP contribution in [0.5, 0.6) is 11.5 Å². The summed E-state index contributed by atoms with van der Waals surface area (Å²) in [6.07, 6.45) is 1.56. The van der Waals surface area contributed by atoms with E-state index in [9.17, 15) is 4.79 Å². The average Bonchev–Trinajstić information content (AvgIpc) is 3.16. The maximum absolute atomic E-state index is 11.8. The summed E-state index contributed by atoms with van der Waals surface area (Å²) in [6, 6.07) is 13.6. The molecule has 0 unspecified atom stereocenters. The highest BCUT2D eigenvalue weighted by atomic mass is 16.5. The van der Waals surface area contributed by atoms with Crippen LogP contribution in [0.1, 0.15) is 24.0 Å². The van der Waals surface area contributed by atoms with Gasteiger partial charge in [0.2, 0.25) is 5.91 Å². The molecule has 0 atom stereocenters. The molecule has 2 aromatic rings. The first-order valence-electron chi connectivity index (χ1n) is 9.24. The minimum Gasteiger partial charge on any atom is -0.493 e. The lowest BCUT2D eigenvalue weighted by molar-refractivity contribution is -0.117. The first-order valence-corrected chi connectivity index (χ1v) is 9.24. The number of nitrogens with one attached hydrogen (secondary N) is 1. The zero-order valence-corrected chi connectivity index (χ0v) is 16.3. The van der Waals surface area contributed by atoms with Gasteiger partial charge in [0.15, 0.2) is 17.5 Å². The molecule has 1 heterocycles. The Morgan fingerprint density at radius 1 is 1.11 bits per heavy atom. The van der Waals surface area contributed by atoms with Crippen LogP contribution in [0, 0.1) is 0 Å². The van der Waals surface area contributed by atoms with Gasteiger partial charge in [0.1, 0.15) is 0 Å². The monoisotopic (exact) mass is 382 g/mol. The van der Waals surface area contributed by atoms with Crippen molar-refractivity contribution in [3.63, 3.8) is 0 Å². The van der Waals surface area contributed by atoms with Gasteiger partial charge in [-0.05, 0) is 41.8 Å². The largest absolute Gasteiger partial charge is 0.493 e. The topological polar surface area (TPSA) is 89.2 Å². The van der Waals surface area contributed by atoms with Gasteiger partial charge in [-0.3, -0.25) is 4.79 Å². The number of ether oxygens (including phenoxy) is 2. The molecule has 1 aliphatic rings. The Labute approximate surface area is 165 Å². The van der Waals surface area contributed by atoms with E-state index in [1.54, 1.807) is 14.2 Å². The van der Waals surface area contributed by atoms with Crippen molar-refractivity contribution in [2.75, 3.05) is 25.7 Å². The van der Waals surface area contributed by atoms with Crippen molar-refractivity contribution >= 4 is 17.6 Å². The number of benzene rings is 2. The molecule has 0 spiro atoms. The van der Waals surface area contributed by atoms with Crippen LogP contribution in [0.25, 0.3) is 0 Å². The Kier molecular flexibility index (Phi) is 6.37. The number of nitrogens with zero attached hydrogens (tertiary/aromatic N) is 2. The predicted octanol–water partition coefficient (Wildman–Crippen LogP) is 2.44. The molecule has 0 radical (unpaired) electrons. The molecule has 1 fully saturated rings. The summed E-state index contributed by atoms with van der Waals surface area (Å²) >= 11 is 0. The van der Waals surface area contributed by atoms with Gasteiger partial charge in [0.05, 0.1) is 20.8 Å². The van der Waals surface area contributed by atoms with Crippen molar-refractivity contribution in [3.05, 3.63) is 53.6 Å². The van der Waals surface area contributed by atoms with E-state index in [0.29, 0.717) is 37.0 Å². The summed E-state index contributed by atoms with van der Waals surface area (Å²) in [5.41, 5.74) is 8.96. The molecule has 0 aromatic heterocycles. The number of rotatable bonds is 7. The number of methoxy groups -OCH3 is 2. The Hall–Kier alpha value is -3.22. The molecule has 2 aromatic carbocycles. The van der Waals surface area contributed by atoms with Crippen molar-refractivity contribution in [2.45, 2.75) is 25.9 Å². The molecule has 1 aliphatic heterocycles. The van der Waals surface area contributed by atoms with E-state index in [2.05, 4.69) is 10.3 Å². The Morgan fingerprint density at radius 3 is 2.46 bits per heavy atom. The van der Waals surface area contributed by atoms with Crippen LogP contribution < -0.4 is 25.4 Å². The van der Waals surface area contributed by atoms with Gasteiger partial charge in [-0.25, -0.2) is 4.99 Å². The number of carbonyl (C=O) groups is 1. The lowest BCUT2D eigenvalue weighted by atomic mass is 10.2. The fourth-order valence-corrected chi connectivity index (χ4v) is 3.12. The maximum atomic E-state index is 11.8. The quantitative estimate of drug-likeness (QED) is 0.567. The van der Waals surface area contributed by atoms with Crippen LogP contribution in [-0.2, 0) is 17.9 Å². The van der Waals surface area contributed by atoms with Gasteiger partial charge in [0, 0.05) is 25.2 Å². The third-order valence-electron chi connectivity index (χ3n) is 4.67. The molecule has 1 saturated heterocycles. The van der Waals surface area contributed by atoms with E-state index in [1.807, 2.05) is 47.4 Å². The van der Waals surface area contributed by atoms with E-state index in [-0.39, 0.29) is 5.91 Å². The predicted molar refractivity (Wildman–Crippen MR) is 110 cm³/mol. The summed E-state index contributed by atoms with van der Waals surface area (Å²) in [6.45, 7) is 1.80. The molecule has 7 heteroatoms. The van der Waals surface area contributed by atoms with Crippen LogP contribution in [0.4, 0.5) is 5.69 Å². The highest BCUT2D eigenvalue weighted by Crippen LogP contribution is 2.27. The number of hydrogen-bond acceptors (Lipinski definition) is 4.